The van der Waals surface area contributed by atoms with Gasteiger partial charge < -0.3 is 21.1 Å². The fourth-order valence-corrected chi connectivity index (χ4v) is 1.79. The van der Waals surface area contributed by atoms with Gasteiger partial charge in [-0.25, -0.2) is 0 Å². The van der Waals surface area contributed by atoms with Crippen molar-refractivity contribution in [3.05, 3.63) is 29.8 Å². The number of benzene rings is 1. The molecule has 22 heavy (non-hydrogen) atoms. The third kappa shape index (κ3) is 5.79. The number of thiocarbonyl (C=S) groups is 1. The van der Waals surface area contributed by atoms with Gasteiger partial charge in [0.2, 0.25) is 5.91 Å². The molecule has 0 bridgehead atoms. The number of carbonyl (C=O) groups excluding carboxylic acids is 2. The van der Waals surface area contributed by atoms with Gasteiger partial charge in [0.1, 0.15) is 0 Å². The molecule has 0 saturated carbocycles. The summed E-state index contributed by atoms with van der Waals surface area (Å²) in [4.78, 5) is 23.7. The van der Waals surface area contributed by atoms with E-state index in [2.05, 4.69) is 16.0 Å². The molecule has 0 aromatic heterocycles. The maximum Gasteiger partial charge on any atom is 0.253 e. The van der Waals surface area contributed by atoms with Gasteiger partial charge in [0.05, 0.1) is 11.3 Å². The summed E-state index contributed by atoms with van der Waals surface area (Å²) in [5.74, 6) is -0.645. The molecule has 0 aliphatic carbocycles. The molecule has 1 rings (SSSR count). The van der Waals surface area contributed by atoms with Crippen molar-refractivity contribution in [3.8, 4) is 0 Å². The van der Waals surface area contributed by atoms with E-state index >= 15 is 0 Å². The summed E-state index contributed by atoms with van der Waals surface area (Å²) in [6.07, 6.45) is 0.490. The lowest BCUT2D eigenvalue weighted by Crippen LogP contribution is -2.37. The highest BCUT2D eigenvalue weighted by Crippen LogP contribution is 2.14. The molecule has 6 nitrogen and oxygen atoms in total. The van der Waals surface area contributed by atoms with E-state index in [9.17, 15) is 9.59 Å². The maximum atomic E-state index is 12.1. The monoisotopic (exact) mass is 323 g/mol. The molecule has 1 aromatic carbocycles. The zero-order valence-corrected chi connectivity index (χ0v) is 13.5. The molecule has 2 amide bonds. The number of amides is 2. The molecular weight excluding hydrogens is 302 g/mol. The standard InChI is InChI=1S/C15H21N3O3S/c1-10(2)13(20)18-15(22)17-12-7-4-3-6-11(12)14(21)16-8-5-9-19/h3-4,6-7,10,19H,5,8-9H2,1-2H3,(H,16,21)(H2,17,18,20,22). The molecule has 7 heteroatoms. The Labute approximate surface area is 135 Å². The fraction of sp³-hybridized carbons (Fsp3) is 0.400. The Balaban J connectivity index is 2.73. The molecule has 0 aliphatic heterocycles. The molecule has 0 aliphatic rings. The van der Waals surface area contributed by atoms with E-state index in [1.54, 1.807) is 38.1 Å². The maximum absolute atomic E-state index is 12.1. The summed E-state index contributed by atoms with van der Waals surface area (Å²) in [5, 5.41) is 17.0. The van der Waals surface area contributed by atoms with Crippen molar-refractivity contribution >= 4 is 34.8 Å². The highest BCUT2D eigenvalue weighted by molar-refractivity contribution is 7.80. The Kier molecular flexibility index (Phi) is 7.48. The van der Waals surface area contributed by atoms with Crippen LogP contribution in [-0.2, 0) is 4.79 Å². The van der Waals surface area contributed by atoms with Crippen LogP contribution in [0.15, 0.2) is 24.3 Å². The quantitative estimate of drug-likeness (QED) is 0.467. The average Bonchev–Trinajstić information content (AvgIpc) is 2.47. The number of carbonyl (C=O) groups is 2. The summed E-state index contributed by atoms with van der Waals surface area (Å²) in [6.45, 7) is 3.94. The van der Waals surface area contributed by atoms with Gasteiger partial charge in [0.15, 0.2) is 5.11 Å². The van der Waals surface area contributed by atoms with Crippen molar-refractivity contribution in [1.82, 2.24) is 10.6 Å². The summed E-state index contributed by atoms with van der Waals surface area (Å²) in [5.41, 5.74) is 0.930. The summed E-state index contributed by atoms with van der Waals surface area (Å²) >= 11 is 5.08. The highest BCUT2D eigenvalue weighted by atomic mass is 32.1. The van der Waals surface area contributed by atoms with Crippen LogP contribution in [0.4, 0.5) is 5.69 Å². The Hall–Kier alpha value is -1.99. The van der Waals surface area contributed by atoms with Crippen LogP contribution in [0.1, 0.15) is 30.6 Å². The van der Waals surface area contributed by atoms with E-state index < -0.39 is 0 Å². The van der Waals surface area contributed by atoms with Gasteiger partial charge >= 0.3 is 0 Å². The molecule has 0 saturated heterocycles. The van der Waals surface area contributed by atoms with E-state index in [0.29, 0.717) is 24.2 Å². The molecule has 4 N–H and O–H groups in total. The second-order valence-corrected chi connectivity index (χ2v) is 5.38. The van der Waals surface area contributed by atoms with Gasteiger partial charge in [-0.3, -0.25) is 9.59 Å². The van der Waals surface area contributed by atoms with E-state index in [1.165, 1.54) is 0 Å². The number of aliphatic hydroxyl groups is 1. The number of nitrogens with one attached hydrogen (secondary N) is 3. The van der Waals surface area contributed by atoms with Crippen molar-refractivity contribution < 1.29 is 14.7 Å². The highest BCUT2D eigenvalue weighted by Gasteiger charge is 2.13. The first-order valence-electron chi connectivity index (χ1n) is 7.05. The molecule has 1 aromatic rings. The number of aliphatic hydroxyl groups excluding tert-OH is 1. The van der Waals surface area contributed by atoms with Crippen LogP contribution in [-0.4, -0.2) is 35.2 Å². The second-order valence-electron chi connectivity index (χ2n) is 4.98. The summed E-state index contributed by atoms with van der Waals surface area (Å²) in [6, 6.07) is 6.86. The van der Waals surface area contributed by atoms with Gasteiger partial charge in [0.25, 0.3) is 5.91 Å². The van der Waals surface area contributed by atoms with Gasteiger partial charge in [0, 0.05) is 19.1 Å². The first-order valence-corrected chi connectivity index (χ1v) is 7.46. The third-order valence-electron chi connectivity index (χ3n) is 2.80. The zero-order chi connectivity index (χ0) is 16.5. The van der Waals surface area contributed by atoms with Crippen molar-refractivity contribution in [1.29, 1.82) is 0 Å². The molecule has 0 spiro atoms. The Morgan fingerprint density at radius 2 is 1.95 bits per heavy atom. The topological polar surface area (TPSA) is 90.5 Å². The lowest BCUT2D eigenvalue weighted by Gasteiger charge is -2.14. The van der Waals surface area contributed by atoms with Crippen molar-refractivity contribution in [3.63, 3.8) is 0 Å². The number of hydrogen-bond donors (Lipinski definition) is 4. The second kappa shape index (κ2) is 9.11. The van der Waals surface area contributed by atoms with Crippen LogP contribution >= 0.6 is 12.2 Å². The predicted octanol–water partition coefficient (Wildman–Crippen LogP) is 1.27. The minimum absolute atomic E-state index is 0.0193. The molecular formula is C15H21N3O3S. The Bertz CT molecular complexity index is 547. The van der Waals surface area contributed by atoms with Crippen LogP contribution < -0.4 is 16.0 Å². The van der Waals surface area contributed by atoms with E-state index in [4.69, 9.17) is 17.3 Å². The molecule has 120 valence electrons. The van der Waals surface area contributed by atoms with Gasteiger partial charge in [-0.2, -0.15) is 0 Å². The first kappa shape index (κ1) is 18.1. The van der Waals surface area contributed by atoms with Crippen molar-refractivity contribution in [2.24, 2.45) is 5.92 Å². The number of hydrogen-bond acceptors (Lipinski definition) is 4. The number of rotatable bonds is 6. The minimum Gasteiger partial charge on any atom is -0.396 e. The largest absolute Gasteiger partial charge is 0.396 e. The fourth-order valence-electron chi connectivity index (χ4n) is 1.58. The van der Waals surface area contributed by atoms with Crippen molar-refractivity contribution in [2.45, 2.75) is 20.3 Å². The molecule has 0 unspecified atom stereocenters. The molecule has 0 heterocycles. The minimum atomic E-state index is -0.269. The lowest BCUT2D eigenvalue weighted by atomic mass is 10.1. The number of anilines is 1. The average molecular weight is 323 g/mol. The molecule has 0 fully saturated rings. The normalized spacial score (nSPS) is 10.2. The van der Waals surface area contributed by atoms with E-state index in [-0.39, 0.29) is 29.5 Å². The van der Waals surface area contributed by atoms with Gasteiger partial charge in [-0.15, -0.1) is 0 Å². The number of para-hydroxylation sites is 1. The van der Waals surface area contributed by atoms with Gasteiger partial charge in [-0.05, 0) is 30.8 Å². The SMILES string of the molecule is CC(C)C(=O)NC(=S)Nc1ccccc1C(=O)NCCCO. The first-order chi connectivity index (χ1) is 10.5. The summed E-state index contributed by atoms with van der Waals surface area (Å²) in [7, 11) is 0. The predicted molar refractivity (Wildman–Crippen MR) is 89.7 cm³/mol. The van der Waals surface area contributed by atoms with Crippen LogP contribution in [0.5, 0.6) is 0 Å². The lowest BCUT2D eigenvalue weighted by molar-refractivity contribution is -0.122. The molecule has 0 atom stereocenters. The van der Waals surface area contributed by atoms with E-state index in [0.717, 1.165) is 0 Å². The van der Waals surface area contributed by atoms with E-state index in [1.807, 2.05) is 0 Å². The zero-order valence-electron chi connectivity index (χ0n) is 12.7. The van der Waals surface area contributed by atoms with Crippen LogP contribution in [0.2, 0.25) is 0 Å². The third-order valence-corrected chi connectivity index (χ3v) is 3.01. The van der Waals surface area contributed by atoms with Crippen LogP contribution in [0.25, 0.3) is 0 Å². The van der Waals surface area contributed by atoms with Crippen LogP contribution in [0.3, 0.4) is 0 Å². The van der Waals surface area contributed by atoms with Crippen molar-refractivity contribution in [2.75, 3.05) is 18.5 Å². The van der Waals surface area contributed by atoms with Gasteiger partial charge in [-0.1, -0.05) is 26.0 Å². The Morgan fingerprint density at radius 1 is 1.27 bits per heavy atom. The molecule has 0 radical (unpaired) electrons. The smallest absolute Gasteiger partial charge is 0.253 e. The summed E-state index contributed by atoms with van der Waals surface area (Å²) < 4.78 is 0. The van der Waals surface area contributed by atoms with Crippen LogP contribution in [0, 0.1) is 5.92 Å². The Morgan fingerprint density at radius 3 is 2.59 bits per heavy atom.